The van der Waals surface area contributed by atoms with Crippen molar-refractivity contribution in [2.24, 2.45) is 5.14 Å². The van der Waals surface area contributed by atoms with Gasteiger partial charge in [-0.25, -0.2) is 13.6 Å². The van der Waals surface area contributed by atoms with Gasteiger partial charge < -0.3 is 4.74 Å². The maximum Gasteiger partial charge on any atom is 0.387 e. The molecule has 1 aromatic carbocycles. The first-order valence-corrected chi connectivity index (χ1v) is 5.82. The van der Waals surface area contributed by atoms with Gasteiger partial charge in [0, 0.05) is 6.07 Å². The van der Waals surface area contributed by atoms with Crippen molar-refractivity contribution >= 4 is 10.0 Å². The molecule has 17 heavy (non-hydrogen) atoms. The summed E-state index contributed by atoms with van der Waals surface area (Å²) in [5.41, 5.74) is 0.0346. The van der Waals surface area contributed by atoms with Gasteiger partial charge in [0.05, 0.1) is 10.5 Å². The summed E-state index contributed by atoms with van der Waals surface area (Å²) in [5.74, 6) is -0.508. The smallest absolute Gasteiger partial charge is 0.387 e. The Morgan fingerprint density at radius 1 is 1.47 bits per heavy atom. The highest BCUT2D eigenvalue weighted by Gasteiger charge is 2.17. The van der Waals surface area contributed by atoms with E-state index in [0.717, 1.165) is 12.1 Å². The molecule has 0 spiro atoms. The minimum absolute atomic E-state index is 0.155. The van der Waals surface area contributed by atoms with Crippen LogP contribution in [0, 0.1) is 18.3 Å². The molecule has 0 saturated carbocycles. The summed E-state index contributed by atoms with van der Waals surface area (Å²) in [6.45, 7) is -1.76. The lowest BCUT2D eigenvalue weighted by Crippen LogP contribution is -2.14. The van der Waals surface area contributed by atoms with Crippen LogP contribution in [0.4, 0.5) is 8.78 Å². The van der Waals surface area contributed by atoms with Gasteiger partial charge in [0.1, 0.15) is 11.8 Å². The Kier molecular flexibility index (Phi) is 3.65. The van der Waals surface area contributed by atoms with Gasteiger partial charge in [-0.05, 0) is 18.6 Å². The Balaban J connectivity index is 3.46. The molecule has 0 unspecified atom stereocenters. The zero-order valence-electron chi connectivity index (χ0n) is 8.65. The van der Waals surface area contributed by atoms with E-state index in [-0.39, 0.29) is 16.0 Å². The lowest BCUT2D eigenvalue weighted by Gasteiger charge is -2.10. The highest BCUT2D eigenvalue weighted by atomic mass is 32.2. The zero-order valence-corrected chi connectivity index (χ0v) is 9.46. The molecule has 0 fully saturated rings. The second-order valence-corrected chi connectivity index (χ2v) is 4.71. The van der Waals surface area contributed by atoms with E-state index in [2.05, 4.69) is 4.74 Å². The predicted molar refractivity (Wildman–Crippen MR) is 53.9 cm³/mol. The lowest BCUT2D eigenvalue weighted by molar-refractivity contribution is -0.0502. The molecule has 2 N–H and O–H groups in total. The molecular formula is C9H8F2N2O3S. The van der Waals surface area contributed by atoms with Crippen LogP contribution in [-0.2, 0) is 10.0 Å². The molecule has 5 nitrogen and oxygen atoms in total. The number of rotatable bonds is 3. The molecule has 0 aliphatic heterocycles. The van der Waals surface area contributed by atoms with Gasteiger partial charge in [0.2, 0.25) is 10.0 Å². The van der Waals surface area contributed by atoms with E-state index in [0.29, 0.717) is 0 Å². The number of halogens is 2. The third-order valence-electron chi connectivity index (χ3n) is 1.93. The SMILES string of the molecule is Cc1cc(S(N)(=O)=O)cc(OC(F)F)c1C#N. The van der Waals surface area contributed by atoms with Crippen LogP contribution in [0.2, 0.25) is 0 Å². The van der Waals surface area contributed by atoms with Crippen LogP contribution in [0.25, 0.3) is 0 Å². The molecule has 0 saturated heterocycles. The average Bonchev–Trinajstić information content (AvgIpc) is 2.14. The van der Waals surface area contributed by atoms with Crippen molar-refractivity contribution in [3.63, 3.8) is 0 Å². The minimum Gasteiger partial charge on any atom is -0.433 e. The summed E-state index contributed by atoms with van der Waals surface area (Å²) in [4.78, 5) is -0.385. The van der Waals surface area contributed by atoms with E-state index in [1.165, 1.54) is 6.92 Å². The summed E-state index contributed by atoms with van der Waals surface area (Å²) in [5, 5.41) is 13.6. The summed E-state index contributed by atoms with van der Waals surface area (Å²) >= 11 is 0. The molecule has 0 heterocycles. The molecule has 0 bridgehead atoms. The molecule has 8 heteroatoms. The zero-order chi connectivity index (χ0) is 13.2. The first kappa shape index (κ1) is 13.3. The van der Waals surface area contributed by atoms with Gasteiger partial charge >= 0.3 is 6.61 Å². The van der Waals surface area contributed by atoms with E-state index >= 15 is 0 Å². The second kappa shape index (κ2) is 4.65. The van der Waals surface area contributed by atoms with E-state index < -0.39 is 22.4 Å². The first-order valence-electron chi connectivity index (χ1n) is 4.28. The normalized spacial score (nSPS) is 11.3. The van der Waals surface area contributed by atoms with Gasteiger partial charge in [-0.1, -0.05) is 0 Å². The number of alkyl halides is 2. The largest absolute Gasteiger partial charge is 0.433 e. The highest BCUT2D eigenvalue weighted by molar-refractivity contribution is 7.89. The number of aryl methyl sites for hydroxylation is 1. The molecule has 0 aliphatic rings. The summed E-state index contributed by atoms with van der Waals surface area (Å²) in [6, 6.07) is 3.57. The van der Waals surface area contributed by atoms with Crippen LogP contribution in [0.1, 0.15) is 11.1 Å². The minimum atomic E-state index is -4.04. The molecule has 0 atom stereocenters. The molecule has 0 amide bonds. The summed E-state index contributed by atoms with van der Waals surface area (Å²) in [6.07, 6.45) is 0. The quantitative estimate of drug-likeness (QED) is 0.883. The molecule has 0 aromatic heterocycles. The lowest BCUT2D eigenvalue weighted by atomic mass is 10.1. The molecular weight excluding hydrogens is 254 g/mol. The van der Waals surface area contributed by atoms with Crippen molar-refractivity contribution in [2.45, 2.75) is 18.4 Å². The Morgan fingerprint density at radius 3 is 2.47 bits per heavy atom. The monoisotopic (exact) mass is 262 g/mol. The van der Waals surface area contributed by atoms with Gasteiger partial charge in [-0.2, -0.15) is 14.0 Å². The van der Waals surface area contributed by atoms with E-state index in [1.54, 1.807) is 6.07 Å². The third-order valence-corrected chi connectivity index (χ3v) is 2.82. The Morgan fingerprint density at radius 2 is 2.06 bits per heavy atom. The van der Waals surface area contributed by atoms with Crippen LogP contribution in [-0.4, -0.2) is 15.0 Å². The number of hydrogen-bond donors (Lipinski definition) is 1. The second-order valence-electron chi connectivity index (χ2n) is 3.15. The van der Waals surface area contributed by atoms with Gasteiger partial charge in [-0.3, -0.25) is 0 Å². The standard InChI is InChI=1S/C9H8F2N2O3S/c1-5-2-6(17(13,14)15)3-8(7(5)4-12)16-9(10)11/h2-3,9H,1H3,(H2,13,14,15). The van der Waals surface area contributed by atoms with Crippen LogP contribution in [0.5, 0.6) is 5.75 Å². The first-order chi connectivity index (χ1) is 7.75. The van der Waals surface area contributed by atoms with Gasteiger partial charge in [0.25, 0.3) is 0 Å². The summed E-state index contributed by atoms with van der Waals surface area (Å²) < 4.78 is 50.4. The van der Waals surface area contributed by atoms with Crippen LogP contribution in [0.15, 0.2) is 17.0 Å². The number of nitriles is 1. The van der Waals surface area contributed by atoms with Crippen molar-refractivity contribution in [1.82, 2.24) is 0 Å². The van der Waals surface area contributed by atoms with Gasteiger partial charge in [-0.15, -0.1) is 0 Å². The average molecular weight is 262 g/mol. The van der Waals surface area contributed by atoms with E-state index in [4.69, 9.17) is 10.4 Å². The number of hydrogen-bond acceptors (Lipinski definition) is 4. The predicted octanol–water partition coefficient (Wildman–Crippen LogP) is 1.12. The molecule has 0 aliphatic carbocycles. The molecule has 1 rings (SSSR count). The van der Waals surface area contributed by atoms with Crippen LogP contribution < -0.4 is 9.88 Å². The van der Waals surface area contributed by atoms with Crippen molar-refractivity contribution < 1.29 is 21.9 Å². The molecule has 0 radical (unpaired) electrons. The van der Waals surface area contributed by atoms with Crippen molar-refractivity contribution in [3.05, 3.63) is 23.3 Å². The fourth-order valence-corrected chi connectivity index (χ4v) is 1.83. The fraction of sp³-hybridized carbons (Fsp3) is 0.222. The molecule has 92 valence electrons. The maximum atomic E-state index is 12.1. The summed E-state index contributed by atoms with van der Waals surface area (Å²) in [7, 11) is -4.04. The van der Waals surface area contributed by atoms with E-state index in [9.17, 15) is 17.2 Å². The number of nitrogens with zero attached hydrogens (tertiary/aromatic N) is 1. The van der Waals surface area contributed by atoms with E-state index in [1.807, 2.05) is 0 Å². The number of benzene rings is 1. The van der Waals surface area contributed by atoms with Crippen molar-refractivity contribution in [3.8, 4) is 11.8 Å². The fourth-order valence-electron chi connectivity index (χ4n) is 1.22. The Labute approximate surface area is 96.5 Å². The highest BCUT2D eigenvalue weighted by Crippen LogP contribution is 2.27. The van der Waals surface area contributed by atoms with Crippen molar-refractivity contribution in [2.75, 3.05) is 0 Å². The van der Waals surface area contributed by atoms with Gasteiger partial charge in [0.15, 0.2) is 0 Å². The number of ether oxygens (including phenoxy) is 1. The number of primary sulfonamides is 1. The Bertz CT molecular complexity index is 579. The topological polar surface area (TPSA) is 93.2 Å². The molecule has 1 aromatic rings. The number of sulfonamides is 1. The van der Waals surface area contributed by atoms with Crippen molar-refractivity contribution in [1.29, 1.82) is 5.26 Å². The maximum absolute atomic E-state index is 12.1. The number of nitrogens with two attached hydrogens (primary N) is 1. The van der Waals surface area contributed by atoms with Crippen LogP contribution in [0.3, 0.4) is 0 Å². The third kappa shape index (κ3) is 3.12. The Hall–Kier alpha value is -1.72. The van der Waals surface area contributed by atoms with Crippen LogP contribution >= 0.6 is 0 Å².